The molecule has 0 saturated carbocycles. The topological polar surface area (TPSA) is 21.1 Å². The minimum Gasteiger partial charge on any atom is -0.326 e. The molecule has 0 atom stereocenters. The van der Waals surface area contributed by atoms with Gasteiger partial charge < -0.3 is 4.57 Å². The van der Waals surface area contributed by atoms with E-state index in [0.29, 0.717) is 23.0 Å². The van der Waals surface area contributed by atoms with Crippen molar-refractivity contribution < 1.29 is 0 Å². The number of hydrogen-bond donors (Lipinski definition) is 0. The van der Waals surface area contributed by atoms with Gasteiger partial charge >= 0.3 is 0 Å². The van der Waals surface area contributed by atoms with Crippen molar-refractivity contribution in [3.8, 4) is 0 Å². The lowest BCUT2D eigenvalue weighted by molar-refractivity contribution is 0.168. The first-order valence-corrected chi connectivity index (χ1v) is 8.32. The van der Waals surface area contributed by atoms with E-state index in [1.165, 1.54) is 0 Å². The first-order valence-electron chi connectivity index (χ1n) is 7.41. The van der Waals surface area contributed by atoms with Gasteiger partial charge in [-0.15, -0.1) is 11.6 Å². The minimum atomic E-state index is 0.397. The summed E-state index contributed by atoms with van der Waals surface area (Å²) in [6.07, 6.45) is 0. The van der Waals surface area contributed by atoms with Gasteiger partial charge in [0.2, 0.25) is 0 Å². The highest BCUT2D eigenvalue weighted by Gasteiger charge is 2.16. The molecule has 0 radical (unpaired) electrons. The smallest absolute Gasteiger partial charge is 0.124 e. The molecule has 0 unspecified atom stereocenters. The van der Waals surface area contributed by atoms with Crippen LogP contribution in [0.2, 0.25) is 5.02 Å². The lowest BCUT2D eigenvalue weighted by atomic mass is 10.2. The van der Waals surface area contributed by atoms with Crippen LogP contribution in [-0.2, 0) is 12.4 Å². The van der Waals surface area contributed by atoms with E-state index in [-0.39, 0.29) is 0 Å². The van der Waals surface area contributed by atoms with Gasteiger partial charge in [-0.3, -0.25) is 4.90 Å². The summed E-state index contributed by atoms with van der Waals surface area (Å²) >= 11 is 12.3. The number of benzene rings is 1. The Bertz CT molecular complexity index is 597. The number of para-hydroxylation sites is 1. The van der Waals surface area contributed by atoms with E-state index >= 15 is 0 Å². The molecule has 0 N–H and O–H groups in total. The maximum atomic E-state index is 6.23. The summed E-state index contributed by atoms with van der Waals surface area (Å²) in [6, 6.07) is 6.92. The van der Waals surface area contributed by atoms with Gasteiger partial charge in [-0.05, 0) is 39.8 Å². The van der Waals surface area contributed by atoms with Crippen LogP contribution < -0.4 is 0 Å². The zero-order chi connectivity index (χ0) is 15.6. The van der Waals surface area contributed by atoms with E-state index < -0.39 is 0 Å². The fourth-order valence-corrected chi connectivity index (χ4v) is 3.26. The summed E-state index contributed by atoms with van der Waals surface area (Å²) in [5.41, 5.74) is 1.90. The van der Waals surface area contributed by atoms with Crippen LogP contribution in [0.15, 0.2) is 18.2 Å². The predicted octanol–water partition coefficient (Wildman–Crippen LogP) is 4.55. The SMILES string of the molecule is CC(C)N(CCn1c(CCl)nc2c(Cl)cccc21)C(C)C. The third-order valence-electron chi connectivity index (χ3n) is 3.84. The highest BCUT2D eigenvalue weighted by atomic mass is 35.5. The second-order valence-corrected chi connectivity index (χ2v) is 6.52. The molecule has 21 heavy (non-hydrogen) atoms. The second kappa shape index (κ2) is 6.99. The Labute approximate surface area is 136 Å². The normalized spacial score (nSPS) is 12.2. The summed E-state index contributed by atoms with van der Waals surface area (Å²) in [6.45, 7) is 10.7. The first kappa shape index (κ1) is 16.6. The quantitative estimate of drug-likeness (QED) is 0.726. The van der Waals surface area contributed by atoms with Gasteiger partial charge in [-0.1, -0.05) is 17.7 Å². The Hall–Kier alpha value is -0.770. The summed E-state index contributed by atoms with van der Waals surface area (Å²) < 4.78 is 2.19. The summed E-state index contributed by atoms with van der Waals surface area (Å²) in [4.78, 5) is 7.05. The van der Waals surface area contributed by atoms with Crippen molar-refractivity contribution in [2.45, 2.75) is 52.2 Å². The van der Waals surface area contributed by atoms with E-state index in [1.54, 1.807) is 0 Å². The van der Waals surface area contributed by atoms with Crippen LogP contribution >= 0.6 is 23.2 Å². The number of aromatic nitrogens is 2. The van der Waals surface area contributed by atoms with Crippen LogP contribution in [0.4, 0.5) is 0 Å². The molecule has 5 heteroatoms. The number of rotatable bonds is 6. The van der Waals surface area contributed by atoms with Crippen LogP contribution in [0.5, 0.6) is 0 Å². The molecule has 0 aliphatic carbocycles. The Morgan fingerprint density at radius 3 is 2.43 bits per heavy atom. The third kappa shape index (κ3) is 3.53. The van der Waals surface area contributed by atoms with E-state index in [2.05, 4.69) is 48.2 Å². The largest absolute Gasteiger partial charge is 0.326 e. The molecule has 0 saturated heterocycles. The minimum absolute atomic E-state index is 0.397. The lowest BCUT2D eigenvalue weighted by Gasteiger charge is -2.30. The lowest BCUT2D eigenvalue weighted by Crippen LogP contribution is -2.39. The van der Waals surface area contributed by atoms with Gasteiger partial charge in [0, 0.05) is 25.2 Å². The molecule has 2 aromatic rings. The maximum absolute atomic E-state index is 6.23. The van der Waals surface area contributed by atoms with E-state index in [0.717, 1.165) is 29.9 Å². The zero-order valence-electron chi connectivity index (χ0n) is 13.1. The molecule has 2 rings (SSSR count). The van der Waals surface area contributed by atoms with Gasteiger partial charge in [0.1, 0.15) is 11.3 Å². The summed E-state index contributed by atoms with van der Waals surface area (Å²) in [5.74, 6) is 1.28. The number of halogens is 2. The van der Waals surface area contributed by atoms with Gasteiger partial charge in [0.05, 0.1) is 16.4 Å². The Kier molecular flexibility index (Phi) is 5.53. The van der Waals surface area contributed by atoms with Crippen molar-refractivity contribution in [3.63, 3.8) is 0 Å². The van der Waals surface area contributed by atoms with Gasteiger partial charge in [-0.25, -0.2) is 4.98 Å². The van der Waals surface area contributed by atoms with Crippen LogP contribution in [0, 0.1) is 0 Å². The molecule has 0 amide bonds. The average molecular weight is 328 g/mol. The molecule has 1 aromatic heterocycles. The van der Waals surface area contributed by atoms with Crippen LogP contribution in [-0.4, -0.2) is 33.1 Å². The molecular formula is C16H23Cl2N3. The van der Waals surface area contributed by atoms with Crippen molar-refractivity contribution in [2.24, 2.45) is 0 Å². The fourth-order valence-electron chi connectivity index (χ4n) is 2.84. The number of nitrogens with zero attached hydrogens (tertiary/aromatic N) is 3. The van der Waals surface area contributed by atoms with E-state index in [9.17, 15) is 0 Å². The number of fused-ring (bicyclic) bond motifs is 1. The fraction of sp³-hybridized carbons (Fsp3) is 0.562. The second-order valence-electron chi connectivity index (χ2n) is 5.85. The molecule has 0 spiro atoms. The van der Waals surface area contributed by atoms with Crippen molar-refractivity contribution in [1.82, 2.24) is 14.5 Å². The van der Waals surface area contributed by atoms with Crippen molar-refractivity contribution in [2.75, 3.05) is 6.54 Å². The van der Waals surface area contributed by atoms with Gasteiger partial charge in [0.15, 0.2) is 0 Å². The number of alkyl halides is 1. The highest BCUT2D eigenvalue weighted by molar-refractivity contribution is 6.35. The Balaban J connectivity index is 2.31. The molecule has 0 fully saturated rings. The standard InChI is InChI=1S/C16H23Cl2N3/c1-11(2)20(12(3)4)8-9-21-14-7-5-6-13(18)16(14)19-15(21)10-17/h5-7,11-12H,8-10H2,1-4H3. The van der Waals surface area contributed by atoms with Crippen molar-refractivity contribution >= 4 is 34.2 Å². The van der Waals surface area contributed by atoms with Crippen LogP contribution in [0.25, 0.3) is 11.0 Å². The van der Waals surface area contributed by atoms with Crippen LogP contribution in [0.1, 0.15) is 33.5 Å². The summed E-state index contributed by atoms with van der Waals surface area (Å²) in [7, 11) is 0. The Morgan fingerprint density at radius 1 is 1.19 bits per heavy atom. The molecule has 1 heterocycles. The van der Waals surface area contributed by atoms with E-state index in [1.807, 2.05) is 12.1 Å². The average Bonchev–Trinajstić information content (AvgIpc) is 2.78. The molecule has 0 aliphatic heterocycles. The molecule has 3 nitrogen and oxygen atoms in total. The Morgan fingerprint density at radius 2 is 1.86 bits per heavy atom. The molecule has 0 bridgehead atoms. The van der Waals surface area contributed by atoms with Crippen LogP contribution in [0.3, 0.4) is 0 Å². The summed E-state index contributed by atoms with van der Waals surface area (Å²) in [5, 5.41) is 0.683. The highest BCUT2D eigenvalue weighted by Crippen LogP contribution is 2.24. The van der Waals surface area contributed by atoms with Crippen molar-refractivity contribution in [3.05, 3.63) is 29.0 Å². The molecule has 0 aliphatic rings. The monoisotopic (exact) mass is 327 g/mol. The molecular weight excluding hydrogens is 305 g/mol. The zero-order valence-corrected chi connectivity index (χ0v) is 14.6. The molecule has 1 aromatic carbocycles. The third-order valence-corrected chi connectivity index (χ3v) is 4.38. The number of imidazole rings is 1. The van der Waals surface area contributed by atoms with E-state index in [4.69, 9.17) is 23.2 Å². The van der Waals surface area contributed by atoms with Crippen molar-refractivity contribution in [1.29, 1.82) is 0 Å². The number of hydrogen-bond acceptors (Lipinski definition) is 2. The predicted molar refractivity (Wildman–Crippen MR) is 91.3 cm³/mol. The van der Waals surface area contributed by atoms with Gasteiger partial charge in [-0.2, -0.15) is 0 Å². The maximum Gasteiger partial charge on any atom is 0.124 e. The molecule has 116 valence electrons. The van der Waals surface area contributed by atoms with Gasteiger partial charge in [0.25, 0.3) is 0 Å². The first-order chi connectivity index (χ1) is 9.95.